The third kappa shape index (κ3) is 3.12. The van der Waals surface area contributed by atoms with E-state index in [0.717, 1.165) is 0 Å². The van der Waals surface area contributed by atoms with Crippen LogP contribution in [0, 0.1) is 6.92 Å². The molecule has 0 atom stereocenters. The topological polar surface area (TPSA) is 95.1 Å². The number of amides is 1. The number of hydrogen-bond donors (Lipinski definition) is 3. The van der Waals surface area contributed by atoms with E-state index in [9.17, 15) is 9.90 Å². The number of aromatic hydroxyl groups is 2. The number of rotatable bonds is 3. The largest absolute Gasteiger partial charge is 0.504 e. The van der Waals surface area contributed by atoms with Crippen LogP contribution in [0.15, 0.2) is 39.9 Å². The first-order valence-electron chi connectivity index (χ1n) is 5.48. The summed E-state index contributed by atoms with van der Waals surface area (Å²) < 4.78 is 5.12. The van der Waals surface area contributed by atoms with Crippen LogP contribution in [0.2, 0.25) is 0 Å². The molecule has 98 valence electrons. The number of phenolic OH excluding ortho intramolecular Hbond substituents is 2. The van der Waals surface area contributed by atoms with Gasteiger partial charge >= 0.3 is 5.91 Å². The summed E-state index contributed by atoms with van der Waals surface area (Å²) in [5.74, 6) is -0.127. The Morgan fingerprint density at radius 3 is 2.68 bits per heavy atom. The summed E-state index contributed by atoms with van der Waals surface area (Å²) in [6.07, 6.45) is 1.34. The van der Waals surface area contributed by atoms with Gasteiger partial charge in [0, 0.05) is 0 Å². The highest BCUT2D eigenvalue weighted by molar-refractivity contribution is 5.92. The molecule has 0 aliphatic heterocycles. The summed E-state index contributed by atoms with van der Waals surface area (Å²) in [5.41, 5.74) is 2.82. The van der Waals surface area contributed by atoms with E-state index >= 15 is 0 Å². The third-order valence-corrected chi connectivity index (χ3v) is 2.34. The molecular weight excluding hydrogens is 248 g/mol. The van der Waals surface area contributed by atoms with Crippen molar-refractivity contribution in [2.75, 3.05) is 0 Å². The van der Waals surface area contributed by atoms with E-state index in [0.29, 0.717) is 11.3 Å². The van der Waals surface area contributed by atoms with Crippen molar-refractivity contribution in [2.24, 2.45) is 5.10 Å². The summed E-state index contributed by atoms with van der Waals surface area (Å²) in [4.78, 5) is 11.6. The van der Waals surface area contributed by atoms with E-state index in [4.69, 9.17) is 9.52 Å². The Balaban J connectivity index is 2.00. The lowest BCUT2D eigenvalue weighted by molar-refractivity contribution is 0.0926. The summed E-state index contributed by atoms with van der Waals surface area (Å²) in [5, 5.41) is 22.1. The van der Waals surface area contributed by atoms with Crippen LogP contribution in [-0.4, -0.2) is 22.3 Å². The predicted octanol–water partition coefficient (Wildman–Crippen LogP) is 1.76. The van der Waals surface area contributed by atoms with Gasteiger partial charge in [-0.3, -0.25) is 4.79 Å². The van der Waals surface area contributed by atoms with Gasteiger partial charge in [0.1, 0.15) is 5.76 Å². The van der Waals surface area contributed by atoms with Gasteiger partial charge in [0.15, 0.2) is 17.3 Å². The Hall–Kier alpha value is -2.76. The van der Waals surface area contributed by atoms with Gasteiger partial charge in [0.05, 0.1) is 6.21 Å². The Bertz CT molecular complexity index is 631. The molecule has 0 aliphatic rings. The van der Waals surface area contributed by atoms with Gasteiger partial charge in [-0.15, -0.1) is 0 Å². The zero-order chi connectivity index (χ0) is 13.8. The van der Waals surface area contributed by atoms with E-state index in [1.54, 1.807) is 25.1 Å². The first-order valence-corrected chi connectivity index (χ1v) is 5.48. The minimum atomic E-state index is -0.465. The van der Waals surface area contributed by atoms with Crippen LogP contribution >= 0.6 is 0 Å². The molecule has 1 aromatic heterocycles. The maximum atomic E-state index is 11.6. The second kappa shape index (κ2) is 5.26. The summed E-state index contributed by atoms with van der Waals surface area (Å²) in [6.45, 7) is 1.74. The molecule has 0 radical (unpaired) electrons. The molecule has 2 aromatic rings. The Labute approximate surface area is 109 Å². The molecule has 6 nitrogen and oxygen atoms in total. The summed E-state index contributed by atoms with van der Waals surface area (Å²) >= 11 is 0. The molecule has 1 aromatic carbocycles. The van der Waals surface area contributed by atoms with Gasteiger partial charge in [0.25, 0.3) is 0 Å². The highest BCUT2D eigenvalue weighted by Crippen LogP contribution is 2.23. The summed E-state index contributed by atoms with van der Waals surface area (Å²) in [6, 6.07) is 7.42. The molecule has 0 unspecified atom stereocenters. The SMILES string of the molecule is Cc1ccc(C(=O)N/N=C/c2ccc(O)c(O)c2)o1. The van der Waals surface area contributed by atoms with Crippen molar-refractivity contribution < 1.29 is 19.4 Å². The smallest absolute Gasteiger partial charge is 0.307 e. The zero-order valence-corrected chi connectivity index (χ0v) is 10.1. The number of carbonyl (C=O) groups excluding carboxylic acids is 1. The first kappa shape index (κ1) is 12.7. The molecule has 3 N–H and O–H groups in total. The molecule has 0 fully saturated rings. The quantitative estimate of drug-likeness (QED) is 0.445. The third-order valence-electron chi connectivity index (χ3n) is 2.34. The maximum Gasteiger partial charge on any atom is 0.307 e. The average Bonchev–Trinajstić information content (AvgIpc) is 2.80. The predicted molar refractivity (Wildman–Crippen MR) is 68.3 cm³/mol. The second-order valence-corrected chi connectivity index (χ2v) is 3.86. The van der Waals surface area contributed by atoms with Gasteiger partial charge in [-0.2, -0.15) is 5.10 Å². The molecule has 0 aliphatic carbocycles. The Morgan fingerprint density at radius 2 is 2.05 bits per heavy atom. The average molecular weight is 260 g/mol. The number of carbonyl (C=O) groups is 1. The minimum Gasteiger partial charge on any atom is -0.504 e. The van der Waals surface area contributed by atoms with Crippen LogP contribution in [0.3, 0.4) is 0 Å². The standard InChI is InChI=1S/C13H12N2O4/c1-8-2-5-12(19-8)13(18)15-14-7-9-3-4-10(16)11(17)6-9/h2-7,16-17H,1H3,(H,15,18)/b14-7+. The van der Waals surface area contributed by atoms with Crippen molar-refractivity contribution in [1.29, 1.82) is 0 Å². The minimum absolute atomic E-state index is 0.170. The first-order chi connectivity index (χ1) is 9.06. The number of benzene rings is 1. The van der Waals surface area contributed by atoms with E-state index in [2.05, 4.69) is 10.5 Å². The molecular formula is C13H12N2O4. The van der Waals surface area contributed by atoms with E-state index in [1.807, 2.05) is 0 Å². The summed E-state index contributed by atoms with van der Waals surface area (Å²) in [7, 11) is 0. The van der Waals surface area contributed by atoms with Crippen molar-refractivity contribution in [3.63, 3.8) is 0 Å². The molecule has 1 heterocycles. The molecule has 6 heteroatoms. The fourth-order valence-electron chi connectivity index (χ4n) is 1.40. The van der Waals surface area contributed by atoms with Gasteiger partial charge in [0.2, 0.25) is 0 Å². The lowest BCUT2D eigenvalue weighted by Crippen LogP contribution is -2.16. The molecule has 0 bridgehead atoms. The molecule has 2 rings (SSSR count). The van der Waals surface area contributed by atoms with Gasteiger partial charge < -0.3 is 14.6 Å². The van der Waals surface area contributed by atoms with Crippen LogP contribution in [0.4, 0.5) is 0 Å². The van der Waals surface area contributed by atoms with E-state index in [-0.39, 0.29) is 17.3 Å². The maximum absolute atomic E-state index is 11.6. The van der Waals surface area contributed by atoms with E-state index in [1.165, 1.54) is 18.3 Å². The van der Waals surface area contributed by atoms with Crippen LogP contribution in [-0.2, 0) is 0 Å². The lowest BCUT2D eigenvalue weighted by atomic mass is 10.2. The fraction of sp³-hybridized carbons (Fsp3) is 0.0769. The number of aryl methyl sites for hydroxylation is 1. The van der Waals surface area contributed by atoms with Crippen LogP contribution in [0.5, 0.6) is 11.5 Å². The lowest BCUT2D eigenvalue weighted by Gasteiger charge is -1.98. The van der Waals surface area contributed by atoms with Crippen molar-refractivity contribution in [2.45, 2.75) is 6.92 Å². The van der Waals surface area contributed by atoms with Gasteiger partial charge in [-0.1, -0.05) is 0 Å². The van der Waals surface area contributed by atoms with Gasteiger partial charge in [-0.25, -0.2) is 5.43 Å². The van der Waals surface area contributed by atoms with Crippen LogP contribution in [0.25, 0.3) is 0 Å². The van der Waals surface area contributed by atoms with Crippen molar-refractivity contribution in [3.8, 4) is 11.5 Å². The molecule has 0 saturated heterocycles. The Morgan fingerprint density at radius 1 is 1.26 bits per heavy atom. The molecule has 0 saturated carbocycles. The highest BCUT2D eigenvalue weighted by Gasteiger charge is 2.08. The highest BCUT2D eigenvalue weighted by atomic mass is 16.3. The zero-order valence-electron chi connectivity index (χ0n) is 10.1. The fourth-order valence-corrected chi connectivity index (χ4v) is 1.40. The van der Waals surface area contributed by atoms with Gasteiger partial charge in [-0.05, 0) is 42.8 Å². The van der Waals surface area contributed by atoms with Crippen molar-refractivity contribution >= 4 is 12.1 Å². The Kier molecular flexibility index (Phi) is 3.51. The van der Waals surface area contributed by atoms with E-state index < -0.39 is 5.91 Å². The number of nitrogens with one attached hydrogen (secondary N) is 1. The number of phenols is 2. The number of nitrogens with zero attached hydrogens (tertiary/aromatic N) is 1. The molecule has 0 spiro atoms. The normalized spacial score (nSPS) is 10.8. The molecule has 19 heavy (non-hydrogen) atoms. The number of hydrazone groups is 1. The number of hydrogen-bond acceptors (Lipinski definition) is 5. The van der Waals surface area contributed by atoms with Crippen LogP contribution < -0.4 is 5.43 Å². The van der Waals surface area contributed by atoms with Crippen molar-refractivity contribution in [3.05, 3.63) is 47.4 Å². The van der Waals surface area contributed by atoms with Crippen LogP contribution in [0.1, 0.15) is 21.9 Å². The second-order valence-electron chi connectivity index (χ2n) is 3.86. The number of furan rings is 1. The van der Waals surface area contributed by atoms with Crippen molar-refractivity contribution in [1.82, 2.24) is 5.43 Å². The molecule has 1 amide bonds. The monoisotopic (exact) mass is 260 g/mol.